The van der Waals surface area contributed by atoms with E-state index >= 15 is 0 Å². The highest BCUT2D eigenvalue weighted by Gasteiger charge is 2.03. The third-order valence-corrected chi connectivity index (χ3v) is 3.00. The number of hydrogen-bond donors (Lipinski definition) is 0. The number of aromatic nitrogens is 2. The maximum Gasteiger partial charge on any atom is 0.152 e. The van der Waals surface area contributed by atoms with Gasteiger partial charge in [0.25, 0.3) is 0 Å². The van der Waals surface area contributed by atoms with Crippen LogP contribution in [0.15, 0.2) is 43.0 Å². The Bertz CT molecular complexity index is 491. The van der Waals surface area contributed by atoms with Crippen molar-refractivity contribution in [2.45, 2.75) is 25.8 Å². The van der Waals surface area contributed by atoms with Crippen molar-refractivity contribution in [2.75, 3.05) is 0 Å². The average molecular weight is 263 g/mol. The Kier molecular flexibility index (Phi) is 4.53. The molecular weight excluding hydrogens is 248 g/mol. The van der Waals surface area contributed by atoms with Gasteiger partial charge in [-0.1, -0.05) is 23.7 Å². The van der Waals surface area contributed by atoms with Gasteiger partial charge in [0.1, 0.15) is 0 Å². The summed E-state index contributed by atoms with van der Waals surface area (Å²) in [5, 5.41) is 0.745. The molecule has 1 heterocycles. The number of imidazole rings is 1. The van der Waals surface area contributed by atoms with Gasteiger partial charge in [0.05, 0.1) is 12.9 Å². The minimum absolute atomic E-state index is 0.238. The molecule has 0 radical (unpaired) electrons. The molecule has 0 aliphatic rings. The SMILES string of the molecule is O=C(CCCc1ccc(Cl)cc1)Cn1ccnc1. The number of halogens is 1. The van der Waals surface area contributed by atoms with Crippen LogP contribution in [0, 0.1) is 0 Å². The van der Waals surface area contributed by atoms with Gasteiger partial charge in [-0.25, -0.2) is 4.98 Å². The Morgan fingerprint density at radius 2 is 2.06 bits per heavy atom. The molecule has 0 saturated heterocycles. The molecule has 0 fully saturated rings. The van der Waals surface area contributed by atoms with Gasteiger partial charge < -0.3 is 4.57 Å². The highest BCUT2D eigenvalue weighted by Crippen LogP contribution is 2.11. The molecule has 0 atom stereocenters. The van der Waals surface area contributed by atoms with Crippen LogP contribution in [-0.4, -0.2) is 15.3 Å². The summed E-state index contributed by atoms with van der Waals surface area (Å²) >= 11 is 5.81. The predicted molar refractivity (Wildman–Crippen MR) is 71.6 cm³/mol. The number of Topliss-reactive ketones (excluding diaryl/α,β-unsaturated/α-hetero) is 1. The predicted octanol–water partition coefficient (Wildman–Crippen LogP) is 3.13. The highest BCUT2D eigenvalue weighted by molar-refractivity contribution is 6.30. The lowest BCUT2D eigenvalue weighted by atomic mass is 10.1. The van der Waals surface area contributed by atoms with Crippen molar-refractivity contribution < 1.29 is 4.79 Å². The fourth-order valence-electron chi connectivity index (χ4n) is 1.80. The van der Waals surface area contributed by atoms with Crippen molar-refractivity contribution in [3.8, 4) is 0 Å². The largest absolute Gasteiger partial charge is 0.330 e. The van der Waals surface area contributed by atoms with Crippen molar-refractivity contribution in [2.24, 2.45) is 0 Å². The number of hydrogen-bond acceptors (Lipinski definition) is 2. The topological polar surface area (TPSA) is 34.9 Å². The van der Waals surface area contributed by atoms with Crippen molar-refractivity contribution in [3.63, 3.8) is 0 Å². The second-order valence-electron chi connectivity index (χ2n) is 4.25. The summed E-state index contributed by atoms with van der Waals surface area (Å²) < 4.78 is 1.80. The van der Waals surface area contributed by atoms with Gasteiger partial charge in [-0.2, -0.15) is 0 Å². The summed E-state index contributed by atoms with van der Waals surface area (Å²) in [6.45, 7) is 0.417. The first-order valence-corrected chi connectivity index (χ1v) is 6.34. The fraction of sp³-hybridized carbons (Fsp3) is 0.286. The molecule has 0 unspecified atom stereocenters. The van der Waals surface area contributed by atoms with E-state index in [2.05, 4.69) is 4.98 Å². The van der Waals surface area contributed by atoms with Crippen LogP contribution >= 0.6 is 11.6 Å². The van der Waals surface area contributed by atoms with Gasteiger partial charge in [-0.05, 0) is 30.5 Å². The Balaban J connectivity index is 1.72. The minimum atomic E-state index is 0.238. The Labute approximate surface area is 111 Å². The van der Waals surface area contributed by atoms with Crippen LogP contribution in [0.4, 0.5) is 0 Å². The Morgan fingerprint density at radius 3 is 2.72 bits per heavy atom. The van der Waals surface area contributed by atoms with Gasteiger partial charge >= 0.3 is 0 Å². The molecule has 3 nitrogen and oxygen atoms in total. The fourth-order valence-corrected chi connectivity index (χ4v) is 1.93. The summed E-state index contributed by atoms with van der Waals surface area (Å²) in [7, 11) is 0. The van der Waals surface area contributed by atoms with E-state index in [1.165, 1.54) is 5.56 Å². The number of aryl methyl sites for hydroxylation is 1. The van der Waals surface area contributed by atoms with E-state index in [1.807, 2.05) is 24.3 Å². The van der Waals surface area contributed by atoms with E-state index < -0.39 is 0 Å². The monoisotopic (exact) mass is 262 g/mol. The summed E-state index contributed by atoms with van der Waals surface area (Å²) in [6, 6.07) is 7.76. The van der Waals surface area contributed by atoms with Crippen LogP contribution in [0.5, 0.6) is 0 Å². The van der Waals surface area contributed by atoms with Gasteiger partial charge in [-0.3, -0.25) is 4.79 Å². The van der Waals surface area contributed by atoms with Gasteiger partial charge in [0.15, 0.2) is 5.78 Å². The maximum atomic E-state index is 11.7. The summed E-state index contributed by atoms with van der Waals surface area (Å²) in [6.07, 6.45) is 7.53. The molecule has 4 heteroatoms. The van der Waals surface area contributed by atoms with E-state index in [1.54, 1.807) is 23.3 Å². The van der Waals surface area contributed by atoms with E-state index in [0.29, 0.717) is 13.0 Å². The van der Waals surface area contributed by atoms with Crippen molar-refractivity contribution in [1.29, 1.82) is 0 Å². The zero-order valence-electron chi connectivity index (χ0n) is 10.1. The second-order valence-corrected chi connectivity index (χ2v) is 4.69. The molecule has 0 aliphatic heterocycles. The number of nitrogens with zero attached hydrogens (tertiary/aromatic N) is 2. The lowest BCUT2D eigenvalue weighted by molar-refractivity contribution is -0.119. The Hall–Kier alpha value is -1.61. The van der Waals surface area contributed by atoms with Crippen LogP contribution < -0.4 is 0 Å². The van der Waals surface area contributed by atoms with Crippen LogP contribution in [0.3, 0.4) is 0 Å². The van der Waals surface area contributed by atoms with Crippen molar-refractivity contribution >= 4 is 17.4 Å². The first-order valence-electron chi connectivity index (χ1n) is 5.96. The minimum Gasteiger partial charge on any atom is -0.330 e. The molecule has 2 rings (SSSR count). The smallest absolute Gasteiger partial charge is 0.152 e. The molecule has 0 N–H and O–H groups in total. The second kappa shape index (κ2) is 6.36. The molecule has 0 aliphatic carbocycles. The molecule has 0 saturated carbocycles. The molecule has 0 bridgehead atoms. The molecule has 0 spiro atoms. The number of rotatable bonds is 6. The van der Waals surface area contributed by atoms with Crippen LogP contribution in [0.2, 0.25) is 5.02 Å². The molecule has 18 heavy (non-hydrogen) atoms. The highest BCUT2D eigenvalue weighted by atomic mass is 35.5. The van der Waals surface area contributed by atoms with E-state index in [-0.39, 0.29) is 5.78 Å². The first kappa shape index (κ1) is 12.8. The lowest BCUT2D eigenvalue weighted by Crippen LogP contribution is -2.08. The van der Waals surface area contributed by atoms with Gasteiger partial charge in [0.2, 0.25) is 0 Å². The van der Waals surface area contributed by atoms with Crippen LogP contribution in [0.1, 0.15) is 18.4 Å². The summed E-state index contributed by atoms with van der Waals surface area (Å²) in [5.41, 5.74) is 1.22. The van der Waals surface area contributed by atoms with Crippen LogP contribution in [-0.2, 0) is 17.8 Å². The molecule has 94 valence electrons. The zero-order valence-corrected chi connectivity index (χ0v) is 10.8. The number of benzene rings is 1. The molecular formula is C14H15ClN2O. The average Bonchev–Trinajstić information content (AvgIpc) is 2.84. The summed E-state index contributed by atoms with van der Waals surface area (Å²) in [4.78, 5) is 15.6. The Morgan fingerprint density at radius 1 is 1.28 bits per heavy atom. The van der Waals surface area contributed by atoms with Crippen LogP contribution in [0.25, 0.3) is 0 Å². The van der Waals surface area contributed by atoms with Crippen molar-refractivity contribution in [3.05, 3.63) is 53.6 Å². The third kappa shape index (κ3) is 4.00. The van der Waals surface area contributed by atoms with E-state index in [0.717, 1.165) is 17.9 Å². The number of carbonyl (C=O) groups is 1. The van der Waals surface area contributed by atoms with E-state index in [4.69, 9.17) is 11.6 Å². The van der Waals surface area contributed by atoms with E-state index in [9.17, 15) is 4.79 Å². The molecule has 2 aromatic rings. The molecule has 0 amide bonds. The quantitative estimate of drug-likeness (QED) is 0.802. The number of ketones is 1. The molecule has 1 aromatic heterocycles. The van der Waals surface area contributed by atoms with Crippen molar-refractivity contribution in [1.82, 2.24) is 9.55 Å². The zero-order chi connectivity index (χ0) is 12.8. The molecule has 1 aromatic carbocycles. The van der Waals surface area contributed by atoms with Gasteiger partial charge in [0, 0.05) is 23.8 Å². The maximum absolute atomic E-state index is 11.7. The normalized spacial score (nSPS) is 10.5. The number of carbonyl (C=O) groups excluding carboxylic acids is 1. The van der Waals surface area contributed by atoms with Gasteiger partial charge in [-0.15, -0.1) is 0 Å². The third-order valence-electron chi connectivity index (χ3n) is 2.75. The standard InChI is InChI=1S/C14H15ClN2O/c15-13-6-4-12(5-7-13)2-1-3-14(18)10-17-9-8-16-11-17/h4-9,11H,1-3,10H2. The first-order chi connectivity index (χ1) is 8.74. The lowest BCUT2D eigenvalue weighted by Gasteiger charge is -2.03. The summed E-state index contributed by atoms with van der Waals surface area (Å²) in [5.74, 6) is 0.238.